The van der Waals surface area contributed by atoms with Gasteiger partial charge in [0.25, 0.3) is 0 Å². The highest BCUT2D eigenvalue weighted by atomic mass is 16.5. The van der Waals surface area contributed by atoms with Crippen LogP contribution in [0.2, 0.25) is 0 Å². The van der Waals surface area contributed by atoms with E-state index in [0.29, 0.717) is 23.3 Å². The molecule has 1 heterocycles. The predicted molar refractivity (Wildman–Crippen MR) is 65.4 cm³/mol. The summed E-state index contributed by atoms with van der Waals surface area (Å²) in [5.74, 6) is 0.198. The van der Waals surface area contributed by atoms with Crippen molar-refractivity contribution in [3.63, 3.8) is 0 Å². The minimum Gasteiger partial charge on any atom is -0.423 e. The lowest BCUT2D eigenvalue weighted by molar-refractivity contribution is 0.0736. The first-order valence-electron chi connectivity index (χ1n) is 5.61. The molecule has 0 saturated heterocycles. The van der Waals surface area contributed by atoms with Crippen molar-refractivity contribution in [1.29, 1.82) is 5.26 Å². The van der Waals surface area contributed by atoms with E-state index in [1.165, 1.54) is 0 Å². The molecule has 0 saturated carbocycles. The maximum atomic E-state index is 11.9. The van der Waals surface area contributed by atoms with Gasteiger partial charge in [-0.15, -0.1) is 0 Å². The Labute approximate surface area is 104 Å². The van der Waals surface area contributed by atoms with E-state index in [1.54, 1.807) is 24.3 Å². The van der Waals surface area contributed by atoms with E-state index in [9.17, 15) is 4.79 Å². The van der Waals surface area contributed by atoms with E-state index in [-0.39, 0.29) is 5.97 Å². The topological polar surface area (TPSA) is 50.1 Å². The second-order valence-corrected chi connectivity index (χ2v) is 4.16. The van der Waals surface area contributed by atoms with Crippen molar-refractivity contribution in [3.05, 3.63) is 64.7 Å². The van der Waals surface area contributed by atoms with Crippen molar-refractivity contribution in [1.82, 2.24) is 0 Å². The van der Waals surface area contributed by atoms with Crippen LogP contribution in [0.25, 0.3) is 0 Å². The zero-order valence-electron chi connectivity index (χ0n) is 9.51. The molecule has 0 N–H and O–H groups in total. The number of benzene rings is 2. The minimum absolute atomic E-state index is 0.339. The van der Waals surface area contributed by atoms with Gasteiger partial charge >= 0.3 is 5.97 Å². The van der Waals surface area contributed by atoms with E-state index in [0.717, 1.165) is 11.1 Å². The average Bonchev–Trinajstić information content (AvgIpc) is 2.54. The molecule has 3 rings (SSSR count). The number of hydrogen-bond donors (Lipinski definition) is 0. The molecule has 0 spiro atoms. The summed E-state index contributed by atoms with van der Waals surface area (Å²) >= 11 is 0. The van der Waals surface area contributed by atoms with Gasteiger partial charge in [0.05, 0.1) is 17.2 Å². The van der Waals surface area contributed by atoms with Gasteiger partial charge in [-0.3, -0.25) is 0 Å². The lowest BCUT2D eigenvalue weighted by Gasteiger charge is -2.04. The standard InChI is InChI=1S/C15H9NO2/c16-9-10-5-6-14-12(7-10)8-11-3-1-2-4-13(11)15(17)18-14/h1-7H,8H2. The van der Waals surface area contributed by atoms with Crippen LogP contribution in [0, 0.1) is 11.3 Å². The molecule has 0 radical (unpaired) electrons. The number of carbonyl (C=O) groups is 1. The number of nitrogens with zero attached hydrogens (tertiary/aromatic N) is 1. The maximum Gasteiger partial charge on any atom is 0.343 e. The summed E-state index contributed by atoms with van der Waals surface area (Å²) < 4.78 is 5.33. The molecule has 2 aromatic carbocycles. The molecular weight excluding hydrogens is 226 g/mol. The van der Waals surface area contributed by atoms with Crippen molar-refractivity contribution in [2.45, 2.75) is 6.42 Å². The lowest BCUT2D eigenvalue weighted by atomic mass is 9.99. The predicted octanol–water partition coefficient (Wildman–Crippen LogP) is 2.68. The molecule has 3 nitrogen and oxygen atoms in total. The van der Waals surface area contributed by atoms with Crippen LogP contribution in [0.5, 0.6) is 5.75 Å². The van der Waals surface area contributed by atoms with Crippen molar-refractivity contribution in [2.24, 2.45) is 0 Å². The van der Waals surface area contributed by atoms with E-state index in [1.807, 2.05) is 18.2 Å². The van der Waals surface area contributed by atoms with Crippen LogP contribution in [0.15, 0.2) is 42.5 Å². The van der Waals surface area contributed by atoms with Gasteiger partial charge in [0.1, 0.15) is 5.75 Å². The summed E-state index contributed by atoms with van der Waals surface area (Å²) in [7, 11) is 0. The van der Waals surface area contributed by atoms with Crippen LogP contribution < -0.4 is 4.74 Å². The summed E-state index contributed by atoms with van der Waals surface area (Å²) in [5, 5.41) is 8.90. The molecule has 18 heavy (non-hydrogen) atoms. The molecule has 0 atom stereocenters. The van der Waals surface area contributed by atoms with E-state index in [2.05, 4.69) is 6.07 Å². The normalized spacial score (nSPS) is 12.7. The minimum atomic E-state index is -0.339. The van der Waals surface area contributed by atoms with Crippen LogP contribution >= 0.6 is 0 Å². The Morgan fingerprint density at radius 1 is 1.11 bits per heavy atom. The van der Waals surface area contributed by atoms with Crippen LogP contribution in [0.4, 0.5) is 0 Å². The Kier molecular flexibility index (Phi) is 2.35. The highest BCUT2D eigenvalue weighted by molar-refractivity contribution is 5.93. The molecule has 0 amide bonds. The van der Waals surface area contributed by atoms with Crippen molar-refractivity contribution in [3.8, 4) is 11.8 Å². The summed E-state index contributed by atoms with van der Waals surface area (Å²) in [5.41, 5.74) is 2.96. The molecule has 2 aromatic rings. The molecular formula is C15H9NO2. The summed E-state index contributed by atoms with van der Waals surface area (Å²) in [6.07, 6.45) is 0.604. The molecule has 86 valence electrons. The fourth-order valence-corrected chi connectivity index (χ4v) is 2.12. The van der Waals surface area contributed by atoms with Gasteiger partial charge in [-0.05, 0) is 29.8 Å². The van der Waals surface area contributed by atoms with Crippen LogP contribution in [-0.2, 0) is 6.42 Å². The van der Waals surface area contributed by atoms with Crippen LogP contribution in [0.3, 0.4) is 0 Å². The molecule has 3 heteroatoms. The molecule has 0 aromatic heterocycles. The third kappa shape index (κ3) is 1.64. The Morgan fingerprint density at radius 2 is 1.94 bits per heavy atom. The summed E-state index contributed by atoms with van der Waals surface area (Å²) in [4.78, 5) is 11.9. The fraction of sp³-hybridized carbons (Fsp3) is 0.0667. The Hall–Kier alpha value is -2.60. The van der Waals surface area contributed by atoms with E-state index >= 15 is 0 Å². The number of hydrogen-bond acceptors (Lipinski definition) is 3. The number of rotatable bonds is 0. The Morgan fingerprint density at radius 3 is 2.78 bits per heavy atom. The second kappa shape index (κ2) is 4.01. The number of carbonyl (C=O) groups excluding carboxylic acids is 1. The summed E-state index contributed by atoms with van der Waals surface area (Å²) in [6.45, 7) is 0. The quantitative estimate of drug-likeness (QED) is 0.521. The molecule has 1 aliphatic heterocycles. The van der Waals surface area contributed by atoms with Gasteiger partial charge in [-0.2, -0.15) is 5.26 Å². The first-order chi connectivity index (χ1) is 8.78. The number of fused-ring (bicyclic) bond motifs is 2. The van der Waals surface area contributed by atoms with Crippen LogP contribution in [0.1, 0.15) is 27.0 Å². The first-order valence-corrected chi connectivity index (χ1v) is 5.61. The SMILES string of the molecule is N#Cc1ccc2c(c1)Cc1ccccc1C(=O)O2. The number of esters is 1. The average molecular weight is 235 g/mol. The van der Waals surface area contributed by atoms with Gasteiger partial charge < -0.3 is 4.74 Å². The Bertz CT molecular complexity index is 683. The third-order valence-corrected chi connectivity index (χ3v) is 3.01. The highest BCUT2D eigenvalue weighted by Crippen LogP contribution is 2.28. The van der Waals surface area contributed by atoms with E-state index in [4.69, 9.17) is 10.00 Å². The lowest BCUT2D eigenvalue weighted by Crippen LogP contribution is -2.08. The monoisotopic (exact) mass is 235 g/mol. The largest absolute Gasteiger partial charge is 0.423 e. The van der Waals surface area contributed by atoms with Gasteiger partial charge in [0.15, 0.2) is 0 Å². The molecule has 0 bridgehead atoms. The number of nitriles is 1. The molecule has 0 unspecified atom stereocenters. The van der Waals surface area contributed by atoms with Gasteiger partial charge in [0, 0.05) is 12.0 Å². The van der Waals surface area contributed by atoms with Gasteiger partial charge in [-0.25, -0.2) is 4.79 Å². The van der Waals surface area contributed by atoms with Crippen molar-refractivity contribution >= 4 is 5.97 Å². The second-order valence-electron chi connectivity index (χ2n) is 4.16. The van der Waals surface area contributed by atoms with Gasteiger partial charge in [-0.1, -0.05) is 18.2 Å². The first kappa shape index (κ1) is 10.5. The molecule has 0 aliphatic carbocycles. The zero-order chi connectivity index (χ0) is 12.5. The molecule has 1 aliphatic rings. The Balaban J connectivity index is 2.17. The van der Waals surface area contributed by atoms with E-state index < -0.39 is 0 Å². The third-order valence-electron chi connectivity index (χ3n) is 3.01. The number of ether oxygens (including phenoxy) is 1. The summed E-state index contributed by atoms with van der Waals surface area (Å²) in [6, 6.07) is 14.6. The zero-order valence-corrected chi connectivity index (χ0v) is 9.51. The molecule has 0 fully saturated rings. The fourth-order valence-electron chi connectivity index (χ4n) is 2.12. The highest BCUT2D eigenvalue weighted by Gasteiger charge is 2.20. The van der Waals surface area contributed by atoms with Crippen molar-refractivity contribution < 1.29 is 9.53 Å². The smallest absolute Gasteiger partial charge is 0.343 e. The van der Waals surface area contributed by atoms with Gasteiger partial charge in [0.2, 0.25) is 0 Å². The van der Waals surface area contributed by atoms with Crippen molar-refractivity contribution in [2.75, 3.05) is 0 Å². The maximum absolute atomic E-state index is 11.9. The van der Waals surface area contributed by atoms with Crippen LogP contribution in [-0.4, -0.2) is 5.97 Å².